The number of methoxy groups -OCH3 is 1. The topological polar surface area (TPSA) is 119 Å². The van der Waals surface area contributed by atoms with Gasteiger partial charge in [-0.3, -0.25) is 19.5 Å². The molecule has 1 fully saturated rings. The molecule has 3 heterocycles. The molecule has 0 bridgehead atoms. The third-order valence-electron chi connectivity index (χ3n) is 5.52. The number of ketones is 1. The zero-order chi connectivity index (χ0) is 26.0. The number of hydrogen-bond donors (Lipinski definition) is 1. The number of rotatable bonds is 7. The second kappa shape index (κ2) is 10.3. The maximum atomic E-state index is 13.2. The summed E-state index contributed by atoms with van der Waals surface area (Å²) in [6.45, 7) is 6.23. The smallest absolute Gasteiger partial charge is 0.350 e. The molecule has 1 amide bonds. The summed E-state index contributed by atoms with van der Waals surface area (Å²) < 4.78 is 10.5. The number of esters is 1. The fourth-order valence-electron chi connectivity index (χ4n) is 3.78. The highest BCUT2D eigenvalue weighted by Gasteiger charge is 2.48. The number of hydrogen-bond acceptors (Lipinski definition) is 9. The summed E-state index contributed by atoms with van der Waals surface area (Å²) >= 11 is 0.939. The van der Waals surface area contributed by atoms with E-state index in [0.29, 0.717) is 35.1 Å². The molecule has 10 heteroatoms. The lowest BCUT2D eigenvalue weighted by molar-refractivity contribution is -0.132. The number of amides is 1. The molecule has 9 nitrogen and oxygen atoms in total. The Kier molecular flexibility index (Phi) is 7.16. The molecule has 1 saturated heterocycles. The molecule has 1 N–H and O–H groups in total. The third-order valence-corrected chi connectivity index (χ3v) is 6.65. The number of aryl methyl sites for hydroxylation is 1. The number of pyridine rings is 1. The van der Waals surface area contributed by atoms with E-state index in [1.807, 2.05) is 13.8 Å². The predicted octanol–water partition coefficient (Wildman–Crippen LogP) is 4.29. The van der Waals surface area contributed by atoms with Gasteiger partial charge in [-0.1, -0.05) is 31.3 Å². The summed E-state index contributed by atoms with van der Waals surface area (Å²) in [6, 6.07) is 9.02. The zero-order valence-corrected chi connectivity index (χ0v) is 21.0. The Hall–Kier alpha value is -4.05. The number of carbonyl (C=O) groups is 3. The highest BCUT2D eigenvalue weighted by molar-refractivity contribution is 7.17. The Balaban J connectivity index is 1.81. The highest BCUT2D eigenvalue weighted by atomic mass is 32.1. The van der Waals surface area contributed by atoms with E-state index in [1.165, 1.54) is 18.2 Å². The molecule has 2 aromatic heterocycles. The molecule has 1 aliphatic heterocycles. The second-order valence-corrected chi connectivity index (χ2v) is 9.56. The molecular weight excluding hydrogens is 482 g/mol. The molecule has 1 atom stereocenters. The summed E-state index contributed by atoms with van der Waals surface area (Å²) in [6.07, 6.45) is 3.08. The van der Waals surface area contributed by atoms with Crippen LogP contribution >= 0.6 is 11.3 Å². The lowest BCUT2D eigenvalue weighted by Gasteiger charge is -2.22. The van der Waals surface area contributed by atoms with Crippen molar-refractivity contribution in [3.63, 3.8) is 0 Å². The number of carbonyl (C=O) groups excluding carboxylic acids is 3. The minimum Gasteiger partial charge on any atom is -0.507 e. The number of thiazole rings is 1. The van der Waals surface area contributed by atoms with E-state index < -0.39 is 23.7 Å². The van der Waals surface area contributed by atoms with Crippen molar-refractivity contribution in [3.8, 4) is 5.75 Å². The van der Waals surface area contributed by atoms with Crippen LogP contribution in [0, 0.1) is 12.8 Å². The predicted molar refractivity (Wildman–Crippen MR) is 134 cm³/mol. The van der Waals surface area contributed by atoms with E-state index in [2.05, 4.69) is 9.97 Å². The van der Waals surface area contributed by atoms with Gasteiger partial charge < -0.3 is 14.6 Å². The van der Waals surface area contributed by atoms with Crippen LogP contribution in [0.5, 0.6) is 5.75 Å². The summed E-state index contributed by atoms with van der Waals surface area (Å²) in [4.78, 5) is 48.5. The van der Waals surface area contributed by atoms with Crippen LogP contribution in [0.25, 0.3) is 5.76 Å². The molecule has 4 rings (SSSR count). The summed E-state index contributed by atoms with van der Waals surface area (Å²) in [5.41, 5.74) is 1.12. The number of Topliss-reactive ketones (excluding diaryl/α,β-unsaturated/α-hetero) is 1. The summed E-state index contributed by atoms with van der Waals surface area (Å²) in [5.74, 6) is -1.69. The number of aliphatic hydroxyl groups excluding tert-OH is 1. The lowest BCUT2D eigenvalue weighted by atomic mass is 9.96. The molecular formula is C26H25N3O6S. The fraction of sp³-hybridized carbons (Fsp3) is 0.269. The molecule has 0 saturated carbocycles. The van der Waals surface area contributed by atoms with Gasteiger partial charge in [0.25, 0.3) is 5.78 Å². The van der Waals surface area contributed by atoms with E-state index >= 15 is 0 Å². The average Bonchev–Trinajstić information content (AvgIpc) is 3.39. The van der Waals surface area contributed by atoms with Crippen molar-refractivity contribution in [2.75, 3.05) is 18.6 Å². The maximum absolute atomic E-state index is 13.2. The van der Waals surface area contributed by atoms with Crippen LogP contribution in [-0.4, -0.2) is 46.5 Å². The third kappa shape index (κ3) is 4.72. The van der Waals surface area contributed by atoms with Gasteiger partial charge in [0.2, 0.25) is 0 Å². The van der Waals surface area contributed by atoms with E-state index in [-0.39, 0.29) is 21.3 Å². The van der Waals surface area contributed by atoms with Gasteiger partial charge in [-0.15, -0.1) is 0 Å². The molecule has 0 spiro atoms. The molecule has 36 heavy (non-hydrogen) atoms. The highest BCUT2D eigenvalue weighted by Crippen LogP contribution is 2.43. The van der Waals surface area contributed by atoms with Crippen molar-refractivity contribution in [1.82, 2.24) is 9.97 Å². The van der Waals surface area contributed by atoms with E-state index in [9.17, 15) is 19.5 Å². The monoisotopic (exact) mass is 507 g/mol. The fourth-order valence-corrected chi connectivity index (χ4v) is 4.79. The standard InChI is InChI=1S/C26H25N3O6S/c1-14(2)13-35-18-9-7-16(8-10-18)21(30)19-20(17-6-5-11-27-12-17)29(24(32)22(19)31)26-28-15(3)23(36-26)25(33)34-4/h5-12,14,20,30H,13H2,1-4H3/b21-19+. The molecule has 1 aliphatic rings. The largest absolute Gasteiger partial charge is 0.507 e. The normalized spacial score (nSPS) is 17.0. The van der Waals surface area contributed by atoms with E-state index in [0.717, 1.165) is 11.3 Å². The van der Waals surface area contributed by atoms with Crippen LogP contribution in [0.2, 0.25) is 0 Å². The van der Waals surface area contributed by atoms with Gasteiger partial charge in [-0.05, 0) is 48.7 Å². The average molecular weight is 508 g/mol. The number of aromatic nitrogens is 2. The van der Waals surface area contributed by atoms with Gasteiger partial charge in [0.05, 0.1) is 31.0 Å². The van der Waals surface area contributed by atoms with Crippen molar-refractivity contribution in [2.24, 2.45) is 5.92 Å². The quantitative estimate of drug-likeness (QED) is 0.218. The molecule has 3 aromatic rings. The second-order valence-electron chi connectivity index (χ2n) is 8.59. The van der Waals surface area contributed by atoms with Crippen molar-refractivity contribution in [1.29, 1.82) is 0 Å². The van der Waals surface area contributed by atoms with Crippen LogP contribution < -0.4 is 9.64 Å². The molecule has 0 aliphatic carbocycles. The maximum Gasteiger partial charge on any atom is 0.350 e. The Morgan fingerprint density at radius 1 is 1.19 bits per heavy atom. The lowest BCUT2D eigenvalue weighted by Crippen LogP contribution is -2.29. The Labute approximate surface area is 212 Å². The Morgan fingerprint density at radius 2 is 1.92 bits per heavy atom. The first kappa shape index (κ1) is 25.1. The molecule has 186 valence electrons. The molecule has 1 aromatic carbocycles. The number of anilines is 1. The van der Waals surface area contributed by atoms with Crippen LogP contribution in [0.4, 0.5) is 5.13 Å². The first-order valence-corrected chi connectivity index (χ1v) is 12.0. The Bertz CT molecular complexity index is 1330. The number of aliphatic hydroxyl groups is 1. The summed E-state index contributed by atoms with van der Waals surface area (Å²) in [7, 11) is 1.25. The van der Waals surface area contributed by atoms with Crippen molar-refractivity contribution in [2.45, 2.75) is 26.8 Å². The van der Waals surface area contributed by atoms with Crippen molar-refractivity contribution < 1.29 is 29.0 Å². The zero-order valence-electron chi connectivity index (χ0n) is 20.2. The van der Waals surface area contributed by atoms with Crippen molar-refractivity contribution in [3.05, 3.63) is 76.1 Å². The Morgan fingerprint density at radius 3 is 2.53 bits per heavy atom. The van der Waals surface area contributed by atoms with Crippen molar-refractivity contribution >= 4 is 39.9 Å². The number of benzene rings is 1. The van der Waals surface area contributed by atoms with Crippen LogP contribution in [-0.2, 0) is 14.3 Å². The minimum atomic E-state index is -0.994. The minimum absolute atomic E-state index is 0.101. The van der Waals surface area contributed by atoms with Gasteiger partial charge >= 0.3 is 11.9 Å². The first-order valence-electron chi connectivity index (χ1n) is 11.2. The van der Waals surface area contributed by atoms with Crippen LogP contribution in [0.3, 0.4) is 0 Å². The van der Waals surface area contributed by atoms with E-state index in [4.69, 9.17) is 9.47 Å². The van der Waals surface area contributed by atoms with Crippen LogP contribution in [0.1, 0.15) is 46.4 Å². The SMILES string of the molecule is COC(=O)c1sc(N2C(=O)C(=O)/C(=C(/O)c3ccc(OCC(C)C)cc3)C2c2cccnc2)nc1C. The summed E-state index contributed by atoms with van der Waals surface area (Å²) in [5, 5.41) is 11.4. The first-order chi connectivity index (χ1) is 17.2. The van der Waals surface area contributed by atoms with Gasteiger partial charge in [0, 0.05) is 18.0 Å². The van der Waals surface area contributed by atoms with Gasteiger partial charge in [-0.25, -0.2) is 9.78 Å². The van der Waals surface area contributed by atoms with Gasteiger partial charge in [-0.2, -0.15) is 0 Å². The molecule has 0 radical (unpaired) electrons. The van der Waals surface area contributed by atoms with Crippen LogP contribution in [0.15, 0.2) is 54.4 Å². The number of ether oxygens (including phenoxy) is 2. The van der Waals surface area contributed by atoms with Gasteiger partial charge in [0.15, 0.2) is 5.13 Å². The number of nitrogens with zero attached hydrogens (tertiary/aromatic N) is 3. The van der Waals surface area contributed by atoms with E-state index in [1.54, 1.807) is 49.5 Å². The molecule has 1 unspecified atom stereocenters. The van der Waals surface area contributed by atoms with Gasteiger partial charge in [0.1, 0.15) is 16.4 Å².